The van der Waals surface area contributed by atoms with Gasteiger partial charge in [-0.15, -0.1) is 0 Å². The summed E-state index contributed by atoms with van der Waals surface area (Å²) in [4.78, 5) is 14.4. The van der Waals surface area contributed by atoms with E-state index in [1.807, 2.05) is 35.2 Å². The Hall–Kier alpha value is -2.49. The van der Waals surface area contributed by atoms with Crippen LogP contribution in [-0.2, 0) is 17.6 Å². The monoisotopic (exact) mass is 323 g/mol. The molecule has 0 saturated heterocycles. The average molecular weight is 323 g/mol. The van der Waals surface area contributed by atoms with Gasteiger partial charge in [0.1, 0.15) is 5.60 Å². The minimum Gasteiger partial charge on any atom is -0.483 e. The van der Waals surface area contributed by atoms with Crippen LogP contribution >= 0.6 is 0 Å². The number of ether oxygens (including phenoxy) is 2. The third kappa shape index (κ3) is 2.62. The number of fused-ring (bicyclic) bond motifs is 2. The van der Waals surface area contributed by atoms with Gasteiger partial charge in [-0.25, -0.2) is 0 Å². The molecule has 0 aromatic heterocycles. The van der Waals surface area contributed by atoms with Crippen molar-refractivity contribution in [3.05, 3.63) is 53.6 Å². The summed E-state index contributed by atoms with van der Waals surface area (Å²) in [6.45, 7) is 4.86. The quantitative estimate of drug-likeness (QED) is 0.869. The molecule has 2 aromatic carbocycles. The van der Waals surface area contributed by atoms with Crippen LogP contribution in [0.5, 0.6) is 11.5 Å². The molecule has 0 bridgehead atoms. The maximum absolute atomic E-state index is 12.6. The molecule has 4 nitrogen and oxygen atoms in total. The van der Waals surface area contributed by atoms with E-state index in [9.17, 15) is 4.79 Å². The highest BCUT2D eigenvalue weighted by Gasteiger charge is 2.32. The number of carbonyl (C=O) groups is 1. The first-order valence-electron chi connectivity index (χ1n) is 8.35. The number of rotatable bonds is 3. The summed E-state index contributed by atoms with van der Waals surface area (Å²) in [5.41, 5.74) is 3.13. The molecule has 0 aliphatic carbocycles. The van der Waals surface area contributed by atoms with Gasteiger partial charge in [-0.3, -0.25) is 4.79 Å². The Morgan fingerprint density at radius 2 is 1.96 bits per heavy atom. The van der Waals surface area contributed by atoms with Crippen molar-refractivity contribution in [3.63, 3.8) is 0 Å². The Labute approximate surface area is 142 Å². The van der Waals surface area contributed by atoms with Crippen LogP contribution in [0, 0.1) is 0 Å². The molecule has 0 unspecified atom stereocenters. The predicted molar refractivity (Wildman–Crippen MR) is 92.8 cm³/mol. The van der Waals surface area contributed by atoms with Crippen LogP contribution in [0.1, 0.15) is 25.0 Å². The summed E-state index contributed by atoms with van der Waals surface area (Å²) in [5, 5.41) is 0. The van der Waals surface area contributed by atoms with Gasteiger partial charge in [-0.05, 0) is 38.0 Å². The van der Waals surface area contributed by atoms with Crippen LogP contribution in [0.2, 0.25) is 0 Å². The molecule has 0 N–H and O–H groups in total. The van der Waals surface area contributed by atoms with Crippen LogP contribution in [-0.4, -0.2) is 24.7 Å². The predicted octanol–water partition coefficient (Wildman–Crippen LogP) is 3.37. The van der Waals surface area contributed by atoms with Crippen molar-refractivity contribution in [2.75, 3.05) is 18.1 Å². The molecule has 4 heteroatoms. The maximum Gasteiger partial charge on any atom is 0.264 e. The topological polar surface area (TPSA) is 38.8 Å². The van der Waals surface area contributed by atoms with E-state index < -0.39 is 0 Å². The number of anilines is 1. The van der Waals surface area contributed by atoms with Gasteiger partial charge in [0.25, 0.3) is 5.91 Å². The maximum atomic E-state index is 12.6. The molecule has 2 aliphatic heterocycles. The molecule has 2 heterocycles. The van der Waals surface area contributed by atoms with E-state index in [1.165, 1.54) is 5.56 Å². The molecule has 0 atom stereocenters. The number of benzene rings is 2. The van der Waals surface area contributed by atoms with Crippen molar-refractivity contribution < 1.29 is 14.3 Å². The molecule has 0 spiro atoms. The second-order valence-electron chi connectivity index (χ2n) is 7.00. The van der Waals surface area contributed by atoms with Gasteiger partial charge in [0, 0.05) is 24.2 Å². The number of hydrogen-bond donors (Lipinski definition) is 0. The zero-order chi connectivity index (χ0) is 16.7. The fraction of sp³-hybridized carbons (Fsp3) is 0.350. The van der Waals surface area contributed by atoms with Crippen LogP contribution < -0.4 is 14.4 Å². The second-order valence-corrected chi connectivity index (χ2v) is 7.00. The molecule has 2 aliphatic rings. The third-order valence-corrected chi connectivity index (χ3v) is 4.59. The summed E-state index contributed by atoms with van der Waals surface area (Å²) in [5.74, 6) is 1.41. The molecule has 2 aromatic rings. The van der Waals surface area contributed by atoms with Crippen molar-refractivity contribution in [2.45, 2.75) is 32.3 Å². The summed E-state index contributed by atoms with van der Waals surface area (Å²) in [7, 11) is 0. The zero-order valence-electron chi connectivity index (χ0n) is 14.0. The lowest BCUT2D eigenvalue weighted by Gasteiger charge is -2.20. The van der Waals surface area contributed by atoms with E-state index in [0.29, 0.717) is 5.75 Å². The van der Waals surface area contributed by atoms with Gasteiger partial charge >= 0.3 is 0 Å². The SMILES string of the molecule is CC1(C)Cc2cccc(OCC(=O)N3CCc4ccccc43)c2O1. The van der Waals surface area contributed by atoms with Crippen LogP contribution in [0.4, 0.5) is 5.69 Å². The number of hydrogen-bond acceptors (Lipinski definition) is 3. The Balaban J connectivity index is 1.48. The second kappa shape index (κ2) is 5.55. The van der Waals surface area contributed by atoms with Crippen molar-refractivity contribution in [1.29, 1.82) is 0 Å². The van der Waals surface area contributed by atoms with Crippen molar-refractivity contribution in [2.24, 2.45) is 0 Å². The van der Waals surface area contributed by atoms with Gasteiger partial charge in [-0.2, -0.15) is 0 Å². The molecule has 124 valence electrons. The normalized spacial score (nSPS) is 17.2. The van der Waals surface area contributed by atoms with Crippen LogP contribution in [0.15, 0.2) is 42.5 Å². The first-order valence-corrected chi connectivity index (χ1v) is 8.35. The highest BCUT2D eigenvalue weighted by molar-refractivity contribution is 5.96. The van der Waals surface area contributed by atoms with Gasteiger partial charge < -0.3 is 14.4 Å². The molecule has 0 radical (unpaired) electrons. The minimum atomic E-state index is -0.223. The summed E-state index contributed by atoms with van der Waals surface area (Å²) < 4.78 is 11.8. The van der Waals surface area contributed by atoms with E-state index in [2.05, 4.69) is 26.0 Å². The van der Waals surface area contributed by atoms with Crippen molar-refractivity contribution >= 4 is 11.6 Å². The number of amides is 1. The molecule has 0 fully saturated rings. The minimum absolute atomic E-state index is 0.0187. The van der Waals surface area contributed by atoms with E-state index >= 15 is 0 Å². The Morgan fingerprint density at radius 3 is 2.83 bits per heavy atom. The number of para-hydroxylation sites is 2. The molecule has 0 saturated carbocycles. The summed E-state index contributed by atoms with van der Waals surface area (Å²) in [6, 6.07) is 13.9. The lowest BCUT2D eigenvalue weighted by atomic mass is 10.0. The highest BCUT2D eigenvalue weighted by atomic mass is 16.5. The Morgan fingerprint density at radius 1 is 1.17 bits per heavy atom. The lowest BCUT2D eigenvalue weighted by molar-refractivity contribution is -0.120. The third-order valence-electron chi connectivity index (χ3n) is 4.59. The fourth-order valence-corrected chi connectivity index (χ4v) is 3.52. The van der Waals surface area contributed by atoms with Gasteiger partial charge in [0.2, 0.25) is 0 Å². The van der Waals surface area contributed by atoms with E-state index in [-0.39, 0.29) is 18.1 Å². The first kappa shape index (κ1) is 15.1. The largest absolute Gasteiger partial charge is 0.483 e. The number of nitrogens with zero attached hydrogens (tertiary/aromatic N) is 1. The Kier molecular flexibility index (Phi) is 3.48. The standard InChI is InChI=1S/C20H21NO3/c1-20(2)12-15-7-5-9-17(19(15)24-20)23-13-18(22)21-11-10-14-6-3-4-8-16(14)21/h3-9H,10-13H2,1-2H3. The summed E-state index contributed by atoms with van der Waals surface area (Å²) >= 11 is 0. The van der Waals surface area contributed by atoms with Gasteiger partial charge in [0.15, 0.2) is 18.1 Å². The van der Waals surface area contributed by atoms with Gasteiger partial charge in [0.05, 0.1) is 0 Å². The molecule has 4 rings (SSSR count). The molecular formula is C20H21NO3. The zero-order valence-corrected chi connectivity index (χ0v) is 14.0. The van der Waals surface area contributed by atoms with Crippen LogP contribution in [0.25, 0.3) is 0 Å². The van der Waals surface area contributed by atoms with Crippen molar-refractivity contribution in [1.82, 2.24) is 0 Å². The molecule has 24 heavy (non-hydrogen) atoms. The van der Waals surface area contributed by atoms with Gasteiger partial charge in [-0.1, -0.05) is 30.3 Å². The average Bonchev–Trinajstić information content (AvgIpc) is 3.11. The molecular weight excluding hydrogens is 302 g/mol. The van der Waals surface area contributed by atoms with Crippen LogP contribution in [0.3, 0.4) is 0 Å². The Bertz CT molecular complexity index is 797. The lowest BCUT2D eigenvalue weighted by Crippen LogP contribution is -2.33. The smallest absolute Gasteiger partial charge is 0.264 e. The number of carbonyl (C=O) groups excluding carboxylic acids is 1. The molecule has 1 amide bonds. The summed E-state index contributed by atoms with van der Waals surface area (Å²) in [6.07, 6.45) is 1.76. The first-order chi connectivity index (χ1) is 11.5. The van der Waals surface area contributed by atoms with E-state index in [1.54, 1.807) is 0 Å². The van der Waals surface area contributed by atoms with Crippen molar-refractivity contribution in [3.8, 4) is 11.5 Å². The van der Waals surface area contributed by atoms with E-state index in [0.717, 1.165) is 36.4 Å². The van der Waals surface area contributed by atoms with E-state index in [4.69, 9.17) is 9.47 Å². The highest BCUT2D eigenvalue weighted by Crippen LogP contribution is 2.41. The fourth-order valence-electron chi connectivity index (χ4n) is 3.52.